The lowest BCUT2D eigenvalue weighted by molar-refractivity contribution is 0.0958. The van der Waals surface area contributed by atoms with E-state index in [-0.39, 0.29) is 5.91 Å². The molecule has 1 aromatic rings. The van der Waals surface area contributed by atoms with Gasteiger partial charge >= 0.3 is 0 Å². The van der Waals surface area contributed by atoms with E-state index in [1.807, 2.05) is 11.9 Å². The highest BCUT2D eigenvalue weighted by Crippen LogP contribution is 2.27. The zero-order chi connectivity index (χ0) is 15.0. The number of nitrogens with two attached hydrogens (primary N) is 1. The Morgan fingerprint density at radius 3 is 2.95 bits per heavy atom. The molecule has 3 N–H and O–H groups in total. The van der Waals surface area contributed by atoms with E-state index >= 15 is 0 Å². The van der Waals surface area contributed by atoms with Crippen LogP contribution in [0.5, 0.6) is 0 Å². The van der Waals surface area contributed by atoms with Gasteiger partial charge in [-0.25, -0.2) is 4.98 Å². The Hall–Kier alpha value is -1.74. The van der Waals surface area contributed by atoms with Gasteiger partial charge in [-0.1, -0.05) is 18.3 Å². The zero-order valence-corrected chi connectivity index (χ0v) is 12.9. The SMILES string of the molecule is C#CCCCCNC(=O)c1sc(N(C)CCC)nc1N. The number of unbranched alkanes of at least 4 members (excludes halogenated alkanes) is 2. The lowest BCUT2D eigenvalue weighted by Crippen LogP contribution is -2.24. The molecule has 0 radical (unpaired) electrons. The molecule has 0 aliphatic heterocycles. The van der Waals surface area contributed by atoms with Crippen molar-refractivity contribution in [3.8, 4) is 12.3 Å². The maximum atomic E-state index is 12.0. The van der Waals surface area contributed by atoms with E-state index in [0.29, 0.717) is 17.2 Å². The van der Waals surface area contributed by atoms with Crippen LogP contribution in [0.2, 0.25) is 0 Å². The Morgan fingerprint density at radius 2 is 2.30 bits per heavy atom. The molecule has 110 valence electrons. The maximum Gasteiger partial charge on any atom is 0.265 e. The minimum absolute atomic E-state index is 0.156. The summed E-state index contributed by atoms with van der Waals surface area (Å²) in [5, 5.41) is 3.63. The van der Waals surface area contributed by atoms with Crippen LogP contribution >= 0.6 is 11.3 Å². The van der Waals surface area contributed by atoms with E-state index in [4.69, 9.17) is 12.2 Å². The summed E-state index contributed by atoms with van der Waals surface area (Å²) in [6.45, 7) is 3.59. The molecule has 0 spiro atoms. The number of carbonyl (C=O) groups is 1. The van der Waals surface area contributed by atoms with Crippen LogP contribution < -0.4 is 16.0 Å². The largest absolute Gasteiger partial charge is 0.382 e. The molecule has 0 aromatic carbocycles. The number of rotatable bonds is 8. The van der Waals surface area contributed by atoms with E-state index in [1.54, 1.807) is 0 Å². The number of nitrogens with one attached hydrogen (secondary N) is 1. The molecule has 1 aromatic heterocycles. The molecule has 0 aliphatic rings. The molecule has 20 heavy (non-hydrogen) atoms. The van der Waals surface area contributed by atoms with E-state index in [1.165, 1.54) is 11.3 Å². The van der Waals surface area contributed by atoms with Gasteiger partial charge in [-0.05, 0) is 19.3 Å². The van der Waals surface area contributed by atoms with E-state index in [9.17, 15) is 4.79 Å². The molecule has 0 bridgehead atoms. The number of anilines is 2. The van der Waals surface area contributed by atoms with Crippen LogP contribution in [0, 0.1) is 12.3 Å². The summed E-state index contributed by atoms with van der Waals surface area (Å²) >= 11 is 1.33. The van der Waals surface area contributed by atoms with Gasteiger partial charge in [0.1, 0.15) is 10.7 Å². The summed E-state index contributed by atoms with van der Waals surface area (Å²) in [6, 6.07) is 0. The number of terminal acetylenes is 1. The standard InChI is InChI=1S/C14H22N4OS/c1-4-6-7-8-9-16-13(19)11-12(15)17-14(20-11)18(3)10-5-2/h1H,5-10,15H2,2-3H3,(H,16,19). The number of nitrogen functional groups attached to an aromatic ring is 1. The highest BCUT2D eigenvalue weighted by molar-refractivity contribution is 7.18. The second-order valence-electron chi connectivity index (χ2n) is 4.55. The maximum absolute atomic E-state index is 12.0. The zero-order valence-electron chi connectivity index (χ0n) is 12.1. The normalized spacial score (nSPS) is 10.1. The number of thiazole rings is 1. The van der Waals surface area contributed by atoms with Gasteiger partial charge in [-0.15, -0.1) is 12.3 Å². The molecular formula is C14H22N4OS. The fourth-order valence-corrected chi connectivity index (χ4v) is 2.60. The first-order valence-corrected chi connectivity index (χ1v) is 7.60. The second kappa shape index (κ2) is 8.43. The highest BCUT2D eigenvalue weighted by atomic mass is 32.1. The number of aromatic nitrogens is 1. The van der Waals surface area contributed by atoms with Crippen molar-refractivity contribution in [3.63, 3.8) is 0 Å². The molecule has 0 saturated carbocycles. The quantitative estimate of drug-likeness (QED) is 0.569. The Morgan fingerprint density at radius 1 is 1.55 bits per heavy atom. The van der Waals surface area contributed by atoms with Gasteiger partial charge in [-0.2, -0.15) is 0 Å². The minimum atomic E-state index is -0.156. The minimum Gasteiger partial charge on any atom is -0.382 e. The number of carbonyl (C=O) groups excluding carboxylic acids is 1. The summed E-state index contributed by atoms with van der Waals surface area (Å²) in [7, 11) is 1.95. The molecular weight excluding hydrogens is 272 g/mol. The number of hydrogen-bond acceptors (Lipinski definition) is 5. The highest BCUT2D eigenvalue weighted by Gasteiger charge is 2.17. The first-order chi connectivity index (χ1) is 9.60. The summed E-state index contributed by atoms with van der Waals surface area (Å²) in [5.74, 6) is 2.72. The van der Waals surface area contributed by atoms with Crippen molar-refractivity contribution in [2.75, 3.05) is 30.8 Å². The van der Waals surface area contributed by atoms with Crippen molar-refractivity contribution in [2.45, 2.75) is 32.6 Å². The van der Waals surface area contributed by atoms with Crippen LogP contribution in [-0.4, -0.2) is 31.0 Å². The number of amides is 1. The molecule has 0 fully saturated rings. The van der Waals surface area contributed by atoms with Gasteiger partial charge in [0.2, 0.25) is 0 Å². The van der Waals surface area contributed by atoms with Crippen molar-refractivity contribution in [2.24, 2.45) is 0 Å². The summed E-state index contributed by atoms with van der Waals surface area (Å²) in [4.78, 5) is 18.7. The first-order valence-electron chi connectivity index (χ1n) is 6.79. The lowest BCUT2D eigenvalue weighted by atomic mass is 10.2. The van der Waals surface area contributed by atoms with Crippen LogP contribution in [0.15, 0.2) is 0 Å². The molecule has 0 atom stereocenters. The first kappa shape index (κ1) is 16.3. The van der Waals surface area contributed by atoms with Crippen molar-refractivity contribution >= 4 is 28.2 Å². The lowest BCUT2D eigenvalue weighted by Gasteiger charge is -2.13. The Labute approximate surface area is 124 Å². The molecule has 1 amide bonds. The third kappa shape index (κ3) is 4.74. The molecule has 0 unspecified atom stereocenters. The van der Waals surface area contributed by atoms with Crippen LogP contribution in [0.3, 0.4) is 0 Å². The van der Waals surface area contributed by atoms with Gasteiger partial charge in [0.15, 0.2) is 5.13 Å². The van der Waals surface area contributed by atoms with Crippen LogP contribution in [-0.2, 0) is 0 Å². The van der Waals surface area contributed by atoms with Gasteiger partial charge < -0.3 is 16.0 Å². The molecule has 0 saturated heterocycles. The van der Waals surface area contributed by atoms with Gasteiger partial charge in [0.25, 0.3) is 5.91 Å². The summed E-state index contributed by atoms with van der Waals surface area (Å²) < 4.78 is 0. The van der Waals surface area contributed by atoms with Crippen molar-refractivity contribution < 1.29 is 4.79 Å². The van der Waals surface area contributed by atoms with E-state index < -0.39 is 0 Å². The molecule has 1 rings (SSSR count). The fraction of sp³-hybridized carbons (Fsp3) is 0.571. The average Bonchev–Trinajstić information content (AvgIpc) is 2.81. The van der Waals surface area contributed by atoms with Crippen LogP contribution in [0.25, 0.3) is 0 Å². The molecule has 1 heterocycles. The topological polar surface area (TPSA) is 71.2 Å². The monoisotopic (exact) mass is 294 g/mol. The second-order valence-corrected chi connectivity index (χ2v) is 5.53. The van der Waals surface area contributed by atoms with Crippen LogP contribution in [0.4, 0.5) is 10.9 Å². The Kier molecular flexibility index (Phi) is 6.88. The summed E-state index contributed by atoms with van der Waals surface area (Å²) in [6.07, 6.45) is 8.72. The smallest absolute Gasteiger partial charge is 0.265 e. The Balaban J connectivity index is 2.54. The Bertz CT molecular complexity index is 478. The van der Waals surface area contributed by atoms with Gasteiger partial charge in [0, 0.05) is 26.6 Å². The molecule has 5 nitrogen and oxygen atoms in total. The average molecular weight is 294 g/mol. The van der Waals surface area contributed by atoms with E-state index in [2.05, 4.69) is 23.1 Å². The third-order valence-electron chi connectivity index (χ3n) is 2.77. The predicted molar refractivity (Wildman–Crippen MR) is 85.1 cm³/mol. The third-order valence-corrected chi connectivity index (χ3v) is 3.95. The molecule has 0 aliphatic carbocycles. The van der Waals surface area contributed by atoms with E-state index in [0.717, 1.165) is 37.4 Å². The number of nitrogens with zero attached hydrogens (tertiary/aromatic N) is 2. The van der Waals surface area contributed by atoms with Crippen LogP contribution in [0.1, 0.15) is 42.3 Å². The fourth-order valence-electron chi connectivity index (χ4n) is 1.71. The van der Waals surface area contributed by atoms with Gasteiger partial charge in [0.05, 0.1) is 0 Å². The van der Waals surface area contributed by atoms with Gasteiger partial charge in [-0.3, -0.25) is 4.79 Å². The predicted octanol–water partition coefficient (Wildman–Crippen LogP) is 2.10. The molecule has 6 heteroatoms. The van der Waals surface area contributed by atoms with Crippen molar-refractivity contribution in [1.29, 1.82) is 0 Å². The number of hydrogen-bond donors (Lipinski definition) is 2. The van der Waals surface area contributed by atoms with Crippen molar-refractivity contribution in [3.05, 3.63) is 4.88 Å². The van der Waals surface area contributed by atoms with Crippen molar-refractivity contribution in [1.82, 2.24) is 10.3 Å². The summed E-state index contributed by atoms with van der Waals surface area (Å²) in [5.41, 5.74) is 5.81.